The van der Waals surface area contributed by atoms with E-state index in [0.717, 1.165) is 41.0 Å². The Morgan fingerprint density at radius 3 is 2.69 bits per heavy atom. The molecule has 2 aromatic heterocycles. The number of aryl methyl sites for hydroxylation is 3. The van der Waals surface area contributed by atoms with Gasteiger partial charge in [0, 0.05) is 30.1 Å². The molecular formula is C25H25N3O. The number of carbonyl (C=O) groups excluding carboxylic acids is 1. The third-order valence-corrected chi connectivity index (χ3v) is 5.14. The highest BCUT2D eigenvalue weighted by Crippen LogP contribution is 2.25. The Balaban J connectivity index is 1.45. The van der Waals surface area contributed by atoms with Crippen LogP contribution in [0.1, 0.15) is 29.5 Å². The fourth-order valence-electron chi connectivity index (χ4n) is 3.45. The smallest absolute Gasteiger partial charge is 0.224 e. The molecule has 0 saturated heterocycles. The minimum atomic E-state index is 0.0480. The third-order valence-electron chi connectivity index (χ3n) is 5.14. The molecule has 1 amide bonds. The number of aromatic nitrogens is 2. The molecule has 0 bridgehead atoms. The van der Waals surface area contributed by atoms with Gasteiger partial charge in [-0.2, -0.15) is 0 Å². The van der Waals surface area contributed by atoms with E-state index in [2.05, 4.69) is 42.6 Å². The SMILES string of the molecule is Cc1ccn2cc(-c3ccc(C)c(NC(=O)CCCc4ccccc4)c3)nc2c1. The molecule has 0 fully saturated rings. The van der Waals surface area contributed by atoms with Crippen molar-refractivity contribution in [1.29, 1.82) is 0 Å². The van der Waals surface area contributed by atoms with E-state index in [9.17, 15) is 4.79 Å². The van der Waals surface area contributed by atoms with Gasteiger partial charge in [0.1, 0.15) is 5.65 Å². The standard InChI is InChI=1S/C25H25N3O/c1-18-13-14-28-17-23(26-24(28)15-18)21-12-11-19(2)22(16-21)27-25(29)10-6-9-20-7-4-3-5-8-20/h3-5,7-8,11-17H,6,9-10H2,1-2H3,(H,27,29). The van der Waals surface area contributed by atoms with E-state index >= 15 is 0 Å². The summed E-state index contributed by atoms with van der Waals surface area (Å²) in [4.78, 5) is 17.2. The lowest BCUT2D eigenvalue weighted by Crippen LogP contribution is -2.12. The van der Waals surface area contributed by atoms with Gasteiger partial charge in [-0.3, -0.25) is 4.79 Å². The molecule has 146 valence electrons. The average Bonchev–Trinajstić information content (AvgIpc) is 3.13. The summed E-state index contributed by atoms with van der Waals surface area (Å²) in [6.45, 7) is 4.07. The number of nitrogens with one attached hydrogen (secondary N) is 1. The van der Waals surface area contributed by atoms with Crippen molar-refractivity contribution in [3.63, 3.8) is 0 Å². The van der Waals surface area contributed by atoms with Gasteiger partial charge in [-0.1, -0.05) is 42.5 Å². The number of amides is 1. The zero-order valence-electron chi connectivity index (χ0n) is 16.9. The second-order valence-corrected chi connectivity index (χ2v) is 7.51. The van der Waals surface area contributed by atoms with Crippen molar-refractivity contribution >= 4 is 17.2 Å². The van der Waals surface area contributed by atoms with E-state index in [0.29, 0.717) is 6.42 Å². The lowest BCUT2D eigenvalue weighted by molar-refractivity contribution is -0.116. The molecule has 4 heteroatoms. The van der Waals surface area contributed by atoms with Gasteiger partial charge in [0.15, 0.2) is 0 Å². The van der Waals surface area contributed by atoms with Gasteiger partial charge in [0.2, 0.25) is 5.91 Å². The highest BCUT2D eigenvalue weighted by Gasteiger charge is 2.10. The lowest BCUT2D eigenvalue weighted by atomic mass is 10.1. The minimum Gasteiger partial charge on any atom is -0.326 e. The van der Waals surface area contributed by atoms with E-state index < -0.39 is 0 Å². The van der Waals surface area contributed by atoms with Crippen molar-refractivity contribution in [2.24, 2.45) is 0 Å². The molecule has 0 aliphatic rings. The van der Waals surface area contributed by atoms with Gasteiger partial charge < -0.3 is 9.72 Å². The summed E-state index contributed by atoms with van der Waals surface area (Å²) in [5.74, 6) is 0.0480. The first kappa shape index (κ1) is 18.9. The zero-order chi connectivity index (χ0) is 20.2. The summed E-state index contributed by atoms with van der Waals surface area (Å²) in [6, 6.07) is 20.5. The van der Waals surface area contributed by atoms with Gasteiger partial charge in [-0.05, 0) is 61.6 Å². The number of carbonyl (C=O) groups is 1. The van der Waals surface area contributed by atoms with Crippen LogP contribution in [0.4, 0.5) is 5.69 Å². The highest BCUT2D eigenvalue weighted by molar-refractivity contribution is 5.92. The lowest BCUT2D eigenvalue weighted by Gasteiger charge is -2.10. The average molecular weight is 383 g/mol. The normalized spacial score (nSPS) is 11.0. The maximum Gasteiger partial charge on any atom is 0.224 e. The van der Waals surface area contributed by atoms with Crippen LogP contribution < -0.4 is 5.32 Å². The zero-order valence-corrected chi connectivity index (χ0v) is 16.9. The summed E-state index contributed by atoms with van der Waals surface area (Å²) in [6.07, 6.45) is 6.29. The van der Waals surface area contributed by atoms with Gasteiger partial charge in [0.05, 0.1) is 5.69 Å². The summed E-state index contributed by atoms with van der Waals surface area (Å²) < 4.78 is 2.02. The van der Waals surface area contributed by atoms with Crippen LogP contribution in [-0.2, 0) is 11.2 Å². The predicted molar refractivity (Wildman–Crippen MR) is 118 cm³/mol. The van der Waals surface area contributed by atoms with Crippen LogP contribution in [0.5, 0.6) is 0 Å². The Morgan fingerprint density at radius 2 is 1.86 bits per heavy atom. The van der Waals surface area contributed by atoms with Crippen LogP contribution in [0.3, 0.4) is 0 Å². The molecule has 0 radical (unpaired) electrons. The van der Waals surface area contributed by atoms with Crippen LogP contribution >= 0.6 is 0 Å². The topological polar surface area (TPSA) is 46.4 Å². The predicted octanol–water partition coefficient (Wildman–Crippen LogP) is 5.58. The van der Waals surface area contributed by atoms with E-state index in [1.165, 1.54) is 11.1 Å². The first-order valence-corrected chi connectivity index (χ1v) is 9.99. The summed E-state index contributed by atoms with van der Waals surface area (Å²) in [5.41, 5.74) is 7.16. The third kappa shape index (κ3) is 4.54. The van der Waals surface area contributed by atoms with Gasteiger partial charge in [-0.25, -0.2) is 4.98 Å². The molecule has 2 heterocycles. The molecule has 0 spiro atoms. The van der Waals surface area contributed by atoms with Crippen LogP contribution in [-0.4, -0.2) is 15.3 Å². The number of nitrogens with zero attached hydrogens (tertiary/aromatic N) is 2. The second-order valence-electron chi connectivity index (χ2n) is 7.51. The number of hydrogen-bond donors (Lipinski definition) is 1. The molecule has 0 aliphatic heterocycles. The molecular weight excluding hydrogens is 358 g/mol. The number of rotatable bonds is 6. The van der Waals surface area contributed by atoms with E-state index in [1.54, 1.807) is 0 Å². The van der Waals surface area contributed by atoms with Crippen molar-refractivity contribution in [2.75, 3.05) is 5.32 Å². The molecule has 0 unspecified atom stereocenters. The van der Waals surface area contributed by atoms with Crippen molar-refractivity contribution < 1.29 is 4.79 Å². The summed E-state index contributed by atoms with van der Waals surface area (Å²) in [5, 5.41) is 3.08. The van der Waals surface area contributed by atoms with Gasteiger partial charge >= 0.3 is 0 Å². The van der Waals surface area contributed by atoms with Crippen molar-refractivity contribution in [2.45, 2.75) is 33.1 Å². The maximum atomic E-state index is 12.5. The van der Waals surface area contributed by atoms with Crippen molar-refractivity contribution in [1.82, 2.24) is 9.38 Å². The fraction of sp³-hybridized carbons (Fsp3) is 0.200. The minimum absolute atomic E-state index is 0.0480. The Bertz CT molecular complexity index is 1150. The number of fused-ring (bicyclic) bond motifs is 1. The largest absolute Gasteiger partial charge is 0.326 e. The first-order valence-electron chi connectivity index (χ1n) is 9.99. The molecule has 4 nitrogen and oxygen atoms in total. The number of imidazole rings is 1. The Hall–Kier alpha value is -3.40. The Labute approximate surface area is 171 Å². The Morgan fingerprint density at radius 1 is 1.03 bits per heavy atom. The van der Waals surface area contributed by atoms with Gasteiger partial charge in [-0.15, -0.1) is 0 Å². The quantitative estimate of drug-likeness (QED) is 0.472. The number of hydrogen-bond acceptors (Lipinski definition) is 2. The fourth-order valence-corrected chi connectivity index (χ4v) is 3.45. The van der Waals surface area contributed by atoms with Crippen LogP contribution in [0.25, 0.3) is 16.9 Å². The second kappa shape index (κ2) is 8.31. The summed E-state index contributed by atoms with van der Waals surface area (Å²) >= 11 is 0. The first-order chi connectivity index (χ1) is 14.1. The molecule has 4 aromatic rings. The molecule has 0 saturated carbocycles. The van der Waals surface area contributed by atoms with Crippen molar-refractivity contribution in [3.8, 4) is 11.3 Å². The van der Waals surface area contributed by atoms with E-state index in [-0.39, 0.29) is 5.91 Å². The highest BCUT2D eigenvalue weighted by atomic mass is 16.1. The number of pyridine rings is 1. The van der Waals surface area contributed by atoms with E-state index in [4.69, 9.17) is 4.98 Å². The molecule has 4 rings (SSSR count). The molecule has 29 heavy (non-hydrogen) atoms. The van der Waals surface area contributed by atoms with Crippen LogP contribution in [0.15, 0.2) is 73.1 Å². The molecule has 0 aliphatic carbocycles. The monoisotopic (exact) mass is 383 g/mol. The number of anilines is 1. The number of benzene rings is 2. The van der Waals surface area contributed by atoms with Crippen LogP contribution in [0.2, 0.25) is 0 Å². The molecule has 0 atom stereocenters. The molecule has 2 aromatic carbocycles. The molecule has 1 N–H and O–H groups in total. The van der Waals surface area contributed by atoms with Crippen molar-refractivity contribution in [3.05, 3.63) is 89.7 Å². The van der Waals surface area contributed by atoms with Crippen LogP contribution in [0, 0.1) is 13.8 Å². The Kier molecular flexibility index (Phi) is 5.43. The maximum absolute atomic E-state index is 12.5. The summed E-state index contributed by atoms with van der Waals surface area (Å²) in [7, 11) is 0. The van der Waals surface area contributed by atoms with Gasteiger partial charge in [0.25, 0.3) is 0 Å². The van der Waals surface area contributed by atoms with E-state index in [1.807, 2.05) is 54.0 Å².